The summed E-state index contributed by atoms with van der Waals surface area (Å²) in [5.74, 6) is 2.04. The van der Waals surface area contributed by atoms with E-state index in [2.05, 4.69) is 12.2 Å². The molecule has 0 saturated carbocycles. The summed E-state index contributed by atoms with van der Waals surface area (Å²) >= 11 is 0. The zero-order valence-corrected chi connectivity index (χ0v) is 18.2. The number of rotatable bonds is 8. The molecule has 6 nitrogen and oxygen atoms in total. The summed E-state index contributed by atoms with van der Waals surface area (Å²) in [6.07, 6.45) is 0.860. The molecule has 0 spiro atoms. The lowest BCUT2D eigenvalue weighted by atomic mass is 10.1. The van der Waals surface area contributed by atoms with Crippen LogP contribution in [-0.4, -0.2) is 37.3 Å². The van der Waals surface area contributed by atoms with Gasteiger partial charge in [-0.3, -0.25) is 0 Å². The van der Waals surface area contributed by atoms with Crippen molar-refractivity contribution in [3.05, 3.63) is 48.0 Å². The molecular weight excluding hydrogens is 368 g/mol. The Hall–Kier alpha value is -2.89. The van der Waals surface area contributed by atoms with Gasteiger partial charge in [-0.05, 0) is 57.0 Å². The molecule has 0 aliphatic rings. The molecule has 2 rings (SSSR count). The van der Waals surface area contributed by atoms with E-state index in [0.717, 1.165) is 17.7 Å². The first-order valence-electron chi connectivity index (χ1n) is 9.81. The number of benzene rings is 2. The van der Waals surface area contributed by atoms with E-state index in [1.165, 1.54) is 0 Å². The molecule has 0 heterocycles. The number of carbonyl (C=O) groups excluding carboxylic acids is 1. The van der Waals surface area contributed by atoms with Crippen molar-refractivity contribution in [3.63, 3.8) is 0 Å². The van der Waals surface area contributed by atoms with Gasteiger partial charge in [0.1, 0.15) is 22.8 Å². The van der Waals surface area contributed by atoms with Crippen molar-refractivity contribution in [3.8, 4) is 17.2 Å². The Morgan fingerprint density at radius 2 is 1.66 bits per heavy atom. The molecule has 2 aromatic carbocycles. The van der Waals surface area contributed by atoms with Gasteiger partial charge in [0.2, 0.25) is 0 Å². The highest BCUT2D eigenvalue weighted by Crippen LogP contribution is 2.29. The fraction of sp³-hybridized carbons (Fsp3) is 0.435. The van der Waals surface area contributed by atoms with Crippen LogP contribution in [0, 0.1) is 0 Å². The van der Waals surface area contributed by atoms with Crippen LogP contribution in [0.15, 0.2) is 42.5 Å². The van der Waals surface area contributed by atoms with Gasteiger partial charge in [-0.25, -0.2) is 4.79 Å². The summed E-state index contributed by atoms with van der Waals surface area (Å²) in [6.45, 7) is 9.25. The average molecular weight is 401 g/mol. The maximum absolute atomic E-state index is 12.9. The predicted octanol–water partition coefficient (Wildman–Crippen LogP) is 5.33. The molecule has 29 heavy (non-hydrogen) atoms. The molecule has 0 saturated heterocycles. The molecule has 0 atom stereocenters. The molecule has 0 radical (unpaired) electrons. The molecule has 0 aromatic heterocycles. The second-order valence-corrected chi connectivity index (χ2v) is 7.78. The molecule has 0 unspecified atom stereocenters. The zero-order valence-electron chi connectivity index (χ0n) is 18.2. The van der Waals surface area contributed by atoms with Gasteiger partial charge >= 0.3 is 6.03 Å². The summed E-state index contributed by atoms with van der Waals surface area (Å²) in [6, 6.07) is 13.0. The standard InChI is InChI=1S/C23H32N2O4/c1-7-14-25(16-17-8-10-18(11-9-17)29-23(2,3)4)22(26)24-20-13-12-19(27-5)15-21(20)28-6/h8-13,15H,7,14,16H2,1-6H3,(H,24,26). The largest absolute Gasteiger partial charge is 0.497 e. The minimum Gasteiger partial charge on any atom is -0.497 e. The third-order valence-corrected chi connectivity index (χ3v) is 4.15. The Kier molecular flexibility index (Phi) is 7.76. The minimum absolute atomic E-state index is 0.176. The molecule has 2 amide bonds. The normalized spacial score (nSPS) is 11.0. The highest BCUT2D eigenvalue weighted by molar-refractivity contribution is 5.91. The molecule has 6 heteroatoms. The van der Waals surface area contributed by atoms with Crippen LogP contribution < -0.4 is 19.5 Å². The summed E-state index contributed by atoms with van der Waals surface area (Å²) in [5, 5.41) is 2.94. The van der Waals surface area contributed by atoms with E-state index in [-0.39, 0.29) is 11.6 Å². The van der Waals surface area contributed by atoms with Crippen molar-refractivity contribution in [2.75, 3.05) is 26.1 Å². The van der Waals surface area contributed by atoms with Crippen molar-refractivity contribution in [1.29, 1.82) is 0 Å². The van der Waals surface area contributed by atoms with Gasteiger partial charge in [0.15, 0.2) is 0 Å². The molecule has 0 aliphatic heterocycles. The van der Waals surface area contributed by atoms with Crippen LogP contribution in [0.4, 0.5) is 10.5 Å². The SMILES string of the molecule is CCCN(Cc1ccc(OC(C)(C)C)cc1)C(=O)Nc1ccc(OC)cc1OC. The number of urea groups is 1. The van der Waals surface area contributed by atoms with Gasteiger partial charge in [0, 0.05) is 19.2 Å². The number of hydrogen-bond acceptors (Lipinski definition) is 4. The maximum Gasteiger partial charge on any atom is 0.322 e. The van der Waals surface area contributed by atoms with Crippen LogP contribution in [0.25, 0.3) is 0 Å². The van der Waals surface area contributed by atoms with E-state index in [1.54, 1.807) is 37.3 Å². The molecular formula is C23H32N2O4. The van der Waals surface area contributed by atoms with Gasteiger partial charge in [-0.2, -0.15) is 0 Å². The Bertz CT molecular complexity index is 798. The number of carbonyl (C=O) groups is 1. The van der Waals surface area contributed by atoms with Gasteiger partial charge in [0.25, 0.3) is 0 Å². The minimum atomic E-state index is -0.243. The van der Waals surface area contributed by atoms with Gasteiger partial charge in [-0.1, -0.05) is 19.1 Å². The number of ether oxygens (including phenoxy) is 3. The smallest absolute Gasteiger partial charge is 0.322 e. The van der Waals surface area contributed by atoms with E-state index < -0.39 is 0 Å². The molecule has 1 N–H and O–H groups in total. The monoisotopic (exact) mass is 400 g/mol. The predicted molar refractivity (Wildman–Crippen MR) is 116 cm³/mol. The van der Waals surface area contributed by atoms with Crippen LogP contribution in [0.1, 0.15) is 39.7 Å². The Morgan fingerprint density at radius 3 is 2.21 bits per heavy atom. The van der Waals surface area contributed by atoms with Crippen molar-refractivity contribution in [1.82, 2.24) is 4.90 Å². The average Bonchev–Trinajstić information content (AvgIpc) is 2.68. The van der Waals surface area contributed by atoms with Crippen LogP contribution in [0.5, 0.6) is 17.2 Å². The van der Waals surface area contributed by atoms with Crippen LogP contribution in [0.3, 0.4) is 0 Å². The van der Waals surface area contributed by atoms with E-state index in [9.17, 15) is 4.79 Å². The number of nitrogens with one attached hydrogen (secondary N) is 1. The van der Waals surface area contributed by atoms with Gasteiger partial charge < -0.3 is 24.4 Å². The van der Waals surface area contributed by atoms with Gasteiger partial charge in [0.05, 0.1) is 19.9 Å². The number of nitrogens with zero attached hydrogens (tertiary/aromatic N) is 1. The Morgan fingerprint density at radius 1 is 1.00 bits per heavy atom. The Labute approximate surface area is 173 Å². The van der Waals surface area contributed by atoms with Crippen LogP contribution in [-0.2, 0) is 6.54 Å². The molecule has 158 valence electrons. The van der Waals surface area contributed by atoms with E-state index in [0.29, 0.717) is 30.3 Å². The third-order valence-electron chi connectivity index (χ3n) is 4.15. The highest BCUT2D eigenvalue weighted by atomic mass is 16.5. The van der Waals surface area contributed by atoms with Gasteiger partial charge in [-0.15, -0.1) is 0 Å². The summed E-state index contributed by atoms with van der Waals surface area (Å²) in [5.41, 5.74) is 1.40. The topological polar surface area (TPSA) is 60.0 Å². The van der Waals surface area contributed by atoms with Crippen molar-refractivity contribution in [2.45, 2.75) is 46.3 Å². The van der Waals surface area contributed by atoms with Crippen LogP contribution in [0.2, 0.25) is 0 Å². The first-order chi connectivity index (χ1) is 13.8. The summed E-state index contributed by atoms with van der Waals surface area (Å²) in [7, 11) is 3.16. The highest BCUT2D eigenvalue weighted by Gasteiger charge is 2.17. The second kappa shape index (κ2) is 10.0. The summed E-state index contributed by atoms with van der Waals surface area (Å²) in [4.78, 5) is 14.7. The van der Waals surface area contributed by atoms with E-state index in [4.69, 9.17) is 14.2 Å². The Balaban J connectivity index is 2.10. The summed E-state index contributed by atoms with van der Waals surface area (Å²) < 4.78 is 16.4. The van der Waals surface area contributed by atoms with Crippen LogP contribution >= 0.6 is 0 Å². The first kappa shape index (κ1) is 22.4. The maximum atomic E-state index is 12.9. The number of amides is 2. The second-order valence-electron chi connectivity index (χ2n) is 7.78. The van der Waals surface area contributed by atoms with Crippen molar-refractivity contribution in [2.24, 2.45) is 0 Å². The van der Waals surface area contributed by atoms with E-state index >= 15 is 0 Å². The number of methoxy groups -OCH3 is 2. The first-order valence-corrected chi connectivity index (χ1v) is 9.81. The van der Waals surface area contributed by atoms with E-state index in [1.807, 2.05) is 45.0 Å². The van der Waals surface area contributed by atoms with Crippen molar-refractivity contribution >= 4 is 11.7 Å². The molecule has 2 aromatic rings. The third kappa shape index (κ3) is 6.89. The fourth-order valence-electron chi connectivity index (χ4n) is 2.86. The zero-order chi connectivity index (χ0) is 21.4. The fourth-order valence-corrected chi connectivity index (χ4v) is 2.86. The lowest BCUT2D eigenvalue weighted by molar-refractivity contribution is 0.131. The molecule has 0 bridgehead atoms. The lowest BCUT2D eigenvalue weighted by Crippen LogP contribution is -2.35. The number of hydrogen-bond donors (Lipinski definition) is 1. The quantitative estimate of drug-likeness (QED) is 0.651. The number of anilines is 1. The molecule has 0 aliphatic carbocycles. The van der Waals surface area contributed by atoms with Crippen molar-refractivity contribution < 1.29 is 19.0 Å². The molecule has 0 fully saturated rings. The lowest BCUT2D eigenvalue weighted by Gasteiger charge is -2.24.